The lowest BCUT2D eigenvalue weighted by Crippen LogP contribution is -2.43. The van der Waals surface area contributed by atoms with Crippen LogP contribution in [0.3, 0.4) is 0 Å². The second-order valence-corrected chi connectivity index (χ2v) is 7.94. The number of nitrogens with zero attached hydrogens (tertiary/aromatic N) is 4. The number of carbonyl (C=O) groups excluding carboxylic acids is 1. The van der Waals surface area contributed by atoms with E-state index < -0.39 is 0 Å². The van der Waals surface area contributed by atoms with Crippen LogP contribution in [0.25, 0.3) is 5.13 Å². The van der Waals surface area contributed by atoms with Crippen LogP contribution in [0.1, 0.15) is 25.3 Å². The van der Waals surface area contributed by atoms with E-state index in [1.54, 1.807) is 11.3 Å². The molecule has 0 spiro atoms. The van der Waals surface area contributed by atoms with E-state index in [-0.39, 0.29) is 11.8 Å². The molecule has 1 atom stereocenters. The van der Waals surface area contributed by atoms with Crippen LogP contribution in [0, 0.1) is 5.92 Å². The van der Waals surface area contributed by atoms with E-state index in [1.165, 1.54) is 0 Å². The third kappa shape index (κ3) is 4.59. The maximum Gasteiger partial charge on any atom is 0.225 e. The van der Waals surface area contributed by atoms with Crippen LogP contribution >= 0.6 is 11.3 Å². The topological polar surface area (TPSA) is 72.3 Å². The fraction of sp³-hybridized carbons (Fsp3) is 0.381. The largest absolute Gasteiger partial charge is 0.494 e. The summed E-state index contributed by atoms with van der Waals surface area (Å²) in [5.41, 5.74) is 0.996. The predicted molar refractivity (Wildman–Crippen MR) is 114 cm³/mol. The van der Waals surface area contributed by atoms with Crippen molar-refractivity contribution >= 4 is 22.4 Å². The monoisotopic (exact) mass is 411 g/mol. The molecule has 4 rings (SSSR count). The number of ether oxygens (including phenoxy) is 1. The summed E-state index contributed by atoms with van der Waals surface area (Å²) in [5, 5.41) is 13.4. The first-order valence-corrected chi connectivity index (χ1v) is 10.8. The van der Waals surface area contributed by atoms with E-state index in [0.717, 1.165) is 41.0 Å². The number of para-hydroxylation sites is 1. The van der Waals surface area contributed by atoms with Crippen LogP contribution < -0.4 is 15.0 Å². The van der Waals surface area contributed by atoms with Gasteiger partial charge in [-0.2, -0.15) is 0 Å². The molecule has 8 heteroatoms. The summed E-state index contributed by atoms with van der Waals surface area (Å²) in [5.74, 6) is 0.852. The fourth-order valence-corrected chi connectivity index (χ4v) is 4.39. The highest BCUT2D eigenvalue weighted by molar-refractivity contribution is 7.17. The molecule has 1 aliphatic heterocycles. The fourth-order valence-electron chi connectivity index (χ4n) is 3.54. The normalized spacial score (nSPS) is 16.6. The molecule has 1 unspecified atom stereocenters. The Morgan fingerprint density at radius 2 is 2.00 bits per heavy atom. The van der Waals surface area contributed by atoms with E-state index in [1.807, 2.05) is 60.3 Å². The molecule has 3 heterocycles. The molecule has 1 saturated heterocycles. The summed E-state index contributed by atoms with van der Waals surface area (Å²) in [6.45, 7) is 4.61. The predicted octanol–water partition coefficient (Wildman–Crippen LogP) is 3.26. The number of rotatable bonds is 7. The molecule has 0 saturated carbocycles. The summed E-state index contributed by atoms with van der Waals surface area (Å²) in [6.07, 6.45) is 5.76. The van der Waals surface area contributed by atoms with Gasteiger partial charge >= 0.3 is 0 Å². The van der Waals surface area contributed by atoms with Gasteiger partial charge in [0.2, 0.25) is 16.2 Å². The zero-order valence-corrected chi connectivity index (χ0v) is 17.3. The van der Waals surface area contributed by atoms with E-state index in [4.69, 9.17) is 4.74 Å². The Balaban J connectivity index is 1.36. The first kappa shape index (κ1) is 19.4. The van der Waals surface area contributed by atoms with Crippen LogP contribution in [0.5, 0.6) is 5.75 Å². The van der Waals surface area contributed by atoms with Gasteiger partial charge in [-0.25, -0.2) is 0 Å². The lowest BCUT2D eigenvalue weighted by atomic mass is 9.97. The zero-order chi connectivity index (χ0) is 20.1. The van der Waals surface area contributed by atoms with Gasteiger partial charge in [0.15, 0.2) is 0 Å². The molecule has 0 bridgehead atoms. The quantitative estimate of drug-likeness (QED) is 0.646. The van der Waals surface area contributed by atoms with Gasteiger partial charge in [0.05, 0.1) is 12.5 Å². The second-order valence-electron chi connectivity index (χ2n) is 7.00. The van der Waals surface area contributed by atoms with Crippen molar-refractivity contribution < 1.29 is 9.53 Å². The second kappa shape index (κ2) is 9.09. The molecule has 29 heavy (non-hydrogen) atoms. The molecular weight excluding hydrogens is 386 g/mol. The van der Waals surface area contributed by atoms with Crippen LogP contribution in [-0.2, 0) is 11.3 Å². The van der Waals surface area contributed by atoms with Crippen LogP contribution in [0.2, 0.25) is 0 Å². The number of nitrogens with one attached hydrogen (secondary N) is 1. The van der Waals surface area contributed by atoms with Crippen molar-refractivity contribution in [3.8, 4) is 10.9 Å². The molecule has 0 aliphatic carbocycles. The van der Waals surface area contributed by atoms with Crippen molar-refractivity contribution in [3.05, 3.63) is 54.4 Å². The number of aromatic nitrogens is 3. The molecule has 0 radical (unpaired) electrons. The molecule has 7 nitrogen and oxygen atoms in total. The molecule has 3 aromatic rings. The number of amides is 1. The van der Waals surface area contributed by atoms with Gasteiger partial charge in [0.25, 0.3) is 0 Å². The Labute approximate surface area is 174 Å². The zero-order valence-electron chi connectivity index (χ0n) is 16.5. The van der Waals surface area contributed by atoms with Crippen LogP contribution in [-0.4, -0.2) is 40.4 Å². The van der Waals surface area contributed by atoms with Crippen molar-refractivity contribution in [1.29, 1.82) is 0 Å². The van der Waals surface area contributed by atoms with Gasteiger partial charge in [-0.1, -0.05) is 29.5 Å². The first-order chi connectivity index (χ1) is 14.2. The third-order valence-corrected chi connectivity index (χ3v) is 6.01. The standard InChI is InChI=1S/C21H25N5O2S/c1-2-28-18-10-4-3-8-16(18)14-22-19(27)17-9-7-13-26(15-17)21-24-23-20(29-21)25-11-5-6-12-25/h3-6,8,10-12,17H,2,7,9,13-15H2,1H3,(H,22,27). The Morgan fingerprint density at radius 3 is 2.83 bits per heavy atom. The number of carbonyl (C=O) groups is 1. The summed E-state index contributed by atoms with van der Waals surface area (Å²) < 4.78 is 7.60. The molecule has 1 amide bonds. The highest BCUT2D eigenvalue weighted by atomic mass is 32.1. The summed E-state index contributed by atoms with van der Waals surface area (Å²) in [6, 6.07) is 11.8. The average molecular weight is 412 g/mol. The number of hydrogen-bond acceptors (Lipinski definition) is 6. The van der Waals surface area contributed by atoms with Gasteiger partial charge in [0.1, 0.15) is 5.75 Å². The number of benzene rings is 1. The molecule has 1 aromatic carbocycles. The average Bonchev–Trinajstić information content (AvgIpc) is 3.45. The SMILES string of the molecule is CCOc1ccccc1CNC(=O)C1CCCN(c2nnc(-n3cccc3)s2)C1. The summed E-state index contributed by atoms with van der Waals surface area (Å²) in [7, 11) is 0. The molecule has 1 aliphatic rings. The van der Waals surface area contributed by atoms with Crippen LogP contribution in [0.4, 0.5) is 5.13 Å². The van der Waals surface area contributed by atoms with Gasteiger partial charge in [0, 0.05) is 37.6 Å². The Kier molecular flexibility index (Phi) is 6.09. The van der Waals surface area contributed by atoms with Crippen molar-refractivity contribution in [2.24, 2.45) is 5.92 Å². The highest BCUT2D eigenvalue weighted by Gasteiger charge is 2.27. The molecule has 1 N–H and O–H groups in total. The Morgan fingerprint density at radius 1 is 1.21 bits per heavy atom. The number of piperidine rings is 1. The van der Waals surface area contributed by atoms with Gasteiger partial charge in [-0.05, 0) is 38.0 Å². The minimum absolute atomic E-state index is 0.0538. The molecule has 152 valence electrons. The lowest BCUT2D eigenvalue weighted by molar-refractivity contribution is -0.125. The maximum atomic E-state index is 12.8. The third-order valence-electron chi connectivity index (χ3n) is 5.02. The van der Waals surface area contributed by atoms with E-state index >= 15 is 0 Å². The highest BCUT2D eigenvalue weighted by Crippen LogP contribution is 2.28. The Hall–Kier alpha value is -2.87. The summed E-state index contributed by atoms with van der Waals surface area (Å²) >= 11 is 1.55. The van der Waals surface area contributed by atoms with Crippen molar-refractivity contribution in [2.45, 2.75) is 26.3 Å². The van der Waals surface area contributed by atoms with Crippen molar-refractivity contribution in [1.82, 2.24) is 20.1 Å². The smallest absolute Gasteiger partial charge is 0.225 e. The van der Waals surface area contributed by atoms with Gasteiger partial charge in [-0.3, -0.25) is 9.36 Å². The Bertz CT molecular complexity index is 940. The maximum absolute atomic E-state index is 12.8. The van der Waals surface area contributed by atoms with Crippen molar-refractivity contribution in [3.63, 3.8) is 0 Å². The van der Waals surface area contributed by atoms with Crippen LogP contribution in [0.15, 0.2) is 48.8 Å². The van der Waals surface area contributed by atoms with Gasteiger partial charge < -0.3 is 15.0 Å². The van der Waals surface area contributed by atoms with E-state index in [0.29, 0.717) is 19.7 Å². The van der Waals surface area contributed by atoms with E-state index in [9.17, 15) is 4.79 Å². The lowest BCUT2D eigenvalue weighted by Gasteiger charge is -2.31. The number of anilines is 1. The molecule has 1 fully saturated rings. The number of hydrogen-bond donors (Lipinski definition) is 1. The summed E-state index contributed by atoms with van der Waals surface area (Å²) in [4.78, 5) is 15.0. The molecule has 2 aromatic heterocycles. The minimum atomic E-state index is -0.0538. The van der Waals surface area contributed by atoms with Crippen molar-refractivity contribution in [2.75, 3.05) is 24.6 Å². The molecular formula is C21H25N5O2S. The minimum Gasteiger partial charge on any atom is -0.494 e. The van der Waals surface area contributed by atoms with Gasteiger partial charge in [-0.15, -0.1) is 10.2 Å². The van der Waals surface area contributed by atoms with E-state index in [2.05, 4.69) is 20.4 Å². The first-order valence-electron chi connectivity index (χ1n) is 9.95.